The van der Waals surface area contributed by atoms with Gasteiger partial charge in [0.1, 0.15) is 19.0 Å². The second kappa shape index (κ2) is 9.19. The normalized spacial score (nSPS) is 15.0. The van der Waals surface area contributed by atoms with Crippen molar-refractivity contribution in [3.05, 3.63) is 63.3 Å². The fraction of sp³-hybridized carbons (Fsp3) is 0.150. The van der Waals surface area contributed by atoms with Crippen molar-refractivity contribution < 1.29 is 28.2 Å². The van der Waals surface area contributed by atoms with Crippen LogP contribution in [0.5, 0.6) is 11.5 Å². The highest BCUT2D eigenvalue weighted by Crippen LogP contribution is 2.38. The van der Waals surface area contributed by atoms with E-state index in [-0.39, 0.29) is 27.8 Å². The lowest BCUT2D eigenvalue weighted by atomic mass is 10.1. The van der Waals surface area contributed by atoms with Crippen LogP contribution in [-0.2, 0) is 16.2 Å². The molecule has 2 N–H and O–H groups in total. The number of imide groups is 1. The maximum absolute atomic E-state index is 14.1. The van der Waals surface area contributed by atoms with E-state index in [4.69, 9.17) is 26.8 Å². The van der Waals surface area contributed by atoms with Crippen molar-refractivity contribution in [3.8, 4) is 11.5 Å². The van der Waals surface area contributed by atoms with E-state index in [2.05, 4.69) is 0 Å². The zero-order valence-corrected chi connectivity index (χ0v) is 17.3. The van der Waals surface area contributed by atoms with Crippen LogP contribution in [0.4, 0.5) is 9.18 Å². The van der Waals surface area contributed by atoms with Gasteiger partial charge in [-0.3, -0.25) is 19.3 Å². The number of carbonyl (C=O) groups is 3. The van der Waals surface area contributed by atoms with Gasteiger partial charge in [0.2, 0.25) is 5.91 Å². The van der Waals surface area contributed by atoms with Crippen LogP contribution in [0, 0.1) is 5.82 Å². The molecule has 1 aliphatic heterocycles. The van der Waals surface area contributed by atoms with Crippen molar-refractivity contribution in [2.24, 2.45) is 5.73 Å². The van der Waals surface area contributed by atoms with Crippen LogP contribution in [0.3, 0.4) is 0 Å². The van der Waals surface area contributed by atoms with Crippen LogP contribution in [-0.4, -0.2) is 35.6 Å². The van der Waals surface area contributed by atoms with Crippen molar-refractivity contribution in [2.75, 3.05) is 13.7 Å². The lowest BCUT2D eigenvalue weighted by molar-refractivity contribution is -0.127. The molecule has 0 radical (unpaired) electrons. The molecule has 0 aliphatic carbocycles. The number of ether oxygens (including phenoxy) is 2. The molecule has 2 aromatic carbocycles. The summed E-state index contributed by atoms with van der Waals surface area (Å²) in [5, 5.41) is -0.396. The number of methoxy groups -OCH3 is 1. The molecule has 0 bridgehead atoms. The molecule has 1 heterocycles. The third-order valence-corrected chi connectivity index (χ3v) is 5.39. The van der Waals surface area contributed by atoms with Gasteiger partial charge in [-0.1, -0.05) is 29.8 Å². The molecule has 0 spiro atoms. The molecule has 1 saturated heterocycles. The first-order valence-corrected chi connectivity index (χ1v) is 9.77. The molecule has 0 saturated carbocycles. The van der Waals surface area contributed by atoms with Gasteiger partial charge in [0, 0.05) is 11.1 Å². The van der Waals surface area contributed by atoms with E-state index >= 15 is 0 Å². The van der Waals surface area contributed by atoms with E-state index < -0.39 is 29.4 Å². The van der Waals surface area contributed by atoms with Crippen LogP contribution in [0.25, 0.3) is 6.08 Å². The monoisotopic (exact) mass is 450 g/mol. The fourth-order valence-electron chi connectivity index (χ4n) is 2.71. The number of halogens is 2. The molecule has 30 heavy (non-hydrogen) atoms. The molecule has 7 nitrogen and oxygen atoms in total. The first-order valence-electron chi connectivity index (χ1n) is 8.58. The van der Waals surface area contributed by atoms with Crippen molar-refractivity contribution in [1.82, 2.24) is 4.90 Å². The number of benzene rings is 2. The van der Waals surface area contributed by atoms with Gasteiger partial charge in [-0.15, -0.1) is 0 Å². The van der Waals surface area contributed by atoms with Crippen molar-refractivity contribution in [3.63, 3.8) is 0 Å². The van der Waals surface area contributed by atoms with Crippen LogP contribution in [0.2, 0.25) is 5.02 Å². The van der Waals surface area contributed by atoms with Gasteiger partial charge in [0.05, 0.1) is 17.0 Å². The van der Waals surface area contributed by atoms with Gasteiger partial charge in [0.15, 0.2) is 11.5 Å². The smallest absolute Gasteiger partial charge is 0.294 e. The molecular formula is C20H16ClFN2O5S. The third kappa shape index (κ3) is 4.58. The van der Waals surface area contributed by atoms with E-state index in [9.17, 15) is 18.8 Å². The summed E-state index contributed by atoms with van der Waals surface area (Å²) in [7, 11) is 1.43. The minimum Gasteiger partial charge on any atom is -0.493 e. The Morgan fingerprint density at radius 3 is 2.67 bits per heavy atom. The topological polar surface area (TPSA) is 98.9 Å². The van der Waals surface area contributed by atoms with E-state index in [0.29, 0.717) is 23.1 Å². The van der Waals surface area contributed by atoms with Gasteiger partial charge in [-0.2, -0.15) is 0 Å². The average molecular weight is 451 g/mol. The summed E-state index contributed by atoms with van der Waals surface area (Å²) >= 11 is 6.72. The molecule has 3 rings (SSSR count). The summed E-state index contributed by atoms with van der Waals surface area (Å²) in [6, 6.07) is 9.24. The second-order valence-corrected chi connectivity index (χ2v) is 7.50. The van der Waals surface area contributed by atoms with E-state index in [1.54, 1.807) is 24.3 Å². The number of thioether (sulfide) groups is 1. The Hall–Kier alpha value is -3.04. The Morgan fingerprint density at radius 1 is 1.27 bits per heavy atom. The van der Waals surface area contributed by atoms with Gasteiger partial charge < -0.3 is 15.2 Å². The Bertz CT molecular complexity index is 1040. The third-order valence-electron chi connectivity index (χ3n) is 4.13. The molecule has 10 heteroatoms. The maximum Gasteiger partial charge on any atom is 0.294 e. The number of amides is 3. The Kier molecular flexibility index (Phi) is 6.63. The molecule has 0 aromatic heterocycles. The first-order chi connectivity index (χ1) is 14.3. The highest BCUT2D eigenvalue weighted by atomic mass is 35.5. The van der Waals surface area contributed by atoms with Crippen LogP contribution < -0.4 is 15.2 Å². The van der Waals surface area contributed by atoms with Crippen molar-refractivity contribution >= 4 is 46.5 Å². The number of nitrogens with zero attached hydrogens (tertiary/aromatic N) is 1. The van der Waals surface area contributed by atoms with E-state index in [0.717, 1.165) is 4.90 Å². The van der Waals surface area contributed by atoms with Gasteiger partial charge in [-0.25, -0.2) is 4.39 Å². The number of rotatable bonds is 7. The quantitative estimate of drug-likeness (QED) is 0.647. The molecule has 2 aromatic rings. The molecule has 0 atom stereocenters. The van der Waals surface area contributed by atoms with Crippen molar-refractivity contribution in [2.45, 2.75) is 6.61 Å². The molecule has 1 aliphatic rings. The Morgan fingerprint density at radius 2 is 2.00 bits per heavy atom. The summed E-state index contributed by atoms with van der Waals surface area (Å²) in [6.45, 7) is -0.689. The lowest BCUT2D eigenvalue weighted by Gasteiger charge is -2.15. The van der Waals surface area contributed by atoms with Crippen LogP contribution >= 0.6 is 23.4 Å². The zero-order chi connectivity index (χ0) is 21.8. The first kappa shape index (κ1) is 21.7. The van der Waals surface area contributed by atoms with Gasteiger partial charge >= 0.3 is 0 Å². The summed E-state index contributed by atoms with van der Waals surface area (Å²) in [6.07, 6.45) is 1.44. The summed E-state index contributed by atoms with van der Waals surface area (Å²) in [4.78, 5) is 36.4. The van der Waals surface area contributed by atoms with E-state index in [1.165, 1.54) is 25.3 Å². The predicted molar refractivity (Wildman–Crippen MR) is 111 cm³/mol. The van der Waals surface area contributed by atoms with Gasteiger partial charge in [-0.05, 0) is 36.0 Å². The maximum atomic E-state index is 14.1. The van der Waals surface area contributed by atoms with E-state index in [1.807, 2.05) is 0 Å². The Balaban J connectivity index is 1.93. The van der Waals surface area contributed by atoms with Crippen molar-refractivity contribution in [1.29, 1.82) is 0 Å². The van der Waals surface area contributed by atoms with Crippen LogP contribution in [0.1, 0.15) is 11.1 Å². The minimum absolute atomic E-state index is 0.0864. The molecule has 3 amide bonds. The Labute approximate surface area is 180 Å². The minimum atomic E-state index is -0.800. The SMILES string of the molecule is COc1cccc(/C=C2\SC(=O)N(CC(N)=O)C2=O)c1OCc1c(F)cccc1Cl. The molecule has 1 fully saturated rings. The predicted octanol–water partition coefficient (Wildman–Crippen LogP) is 3.59. The molecule has 0 unspecified atom stereocenters. The summed E-state index contributed by atoms with van der Waals surface area (Å²) in [5.74, 6) is -1.39. The molecular weight excluding hydrogens is 435 g/mol. The largest absolute Gasteiger partial charge is 0.493 e. The fourth-order valence-corrected chi connectivity index (χ4v) is 3.76. The summed E-state index contributed by atoms with van der Waals surface area (Å²) in [5.41, 5.74) is 5.67. The highest BCUT2D eigenvalue weighted by Gasteiger charge is 2.36. The number of nitrogens with two attached hydrogens (primary N) is 1. The number of primary amides is 1. The molecule has 156 valence electrons. The lowest BCUT2D eigenvalue weighted by Crippen LogP contribution is -2.36. The highest BCUT2D eigenvalue weighted by molar-refractivity contribution is 8.18. The number of hydrogen-bond donors (Lipinski definition) is 1. The number of carbonyl (C=O) groups excluding carboxylic acids is 3. The number of hydrogen-bond acceptors (Lipinski definition) is 6. The summed E-state index contributed by atoms with van der Waals surface area (Å²) < 4.78 is 25.2. The van der Waals surface area contributed by atoms with Gasteiger partial charge in [0.25, 0.3) is 11.1 Å². The average Bonchev–Trinajstić information content (AvgIpc) is 2.95. The standard InChI is InChI=1S/C20H16ClFN2O5S/c1-28-15-7-2-4-11(8-16-19(26)24(9-17(23)25)20(27)30-16)18(15)29-10-12-13(21)5-3-6-14(12)22/h2-8H,9-10H2,1H3,(H2,23,25)/b16-8-. The zero-order valence-electron chi connectivity index (χ0n) is 15.7. The van der Waals surface area contributed by atoms with Crippen LogP contribution in [0.15, 0.2) is 41.3 Å². The number of para-hydroxylation sites is 1. The second-order valence-electron chi connectivity index (χ2n) is 6.10.